The van der Waals surface area contributed by atoms with Crippen molar-refractivity contribution in [3.05, 3.63) is 142 Å². The predicted octanol–water partition coefficient (Wildman–Crippen LogP) is 9.64. The fourth-order valence-corrected chi connectivity index (χ4v) is 6.03. The van der Waals surface area contributed by atoms with Gasteiger partial charge in [0.05, 0.1) is 29.9 Å². The topological polar surface area (TPSA) is 82.1 Å². The lowest BCUT2D eigenvalue weighted by atomic mass is 9.96. The molecule has 278 valence electrons. The van der Waals surface area contributed by atoms with Crippen molar-refractivity contribution in [3.63, 3.8) is 0 Å². The molecule has 7 nitrogen and oxygen atoms in total. The highest BCUT2D eigenvalue weighted by molar-refractivity contribution is 6.21. The number of methoxy groups -OCH3 is 2. The fraction of sp³-hybridized carbons (Fsp3) is 0.400. The van der Waals surface area contributed by atoms with Crippen LogP contribution in [0.5, 0.6) is 0 Å². The molecule has 0 unspecified atom stereocenters. The van der Waals surface area contributed by atoms with Crippen molar-refractivity contribution in [3.8, 4) is 0 Å². The third-order valence-corrected chi connectivity index (χ3v) is 9.15. The molecule has 2 aliphatic heterocycles. The van der Waals surface area contributed by atoms with Crippen LogP contribution in [-0.4, -0.2) is 61.8 Å². The molecule has 0 saturated heterocycles. The average Bonchev–Trinajstić information content (AvgIpc) is 3.36. The molecule has 0 radical (unpaired) electrons. The number of amides is 2. The Labute approximate surface area is 311 Å². The number of rotatable bonds is 6. The van der Waals surface area contributed by atoms with E-state index in [4.69, 9.17) is 14.2 Å². The van der Waals surface area contributed by atoms with Gasteiger partial charge in [0.1, 0.15) is 6.10 Å². The van der Waals surface area contributed by atoms with Gasteiger partial charge in [0.2, 0.25) is 0 Å². The maximum absolute atomic E-state index is 13.5. The molecule has 0 bridgehead atoms. The Bertz CT molecular complexity index is 1660. The third kappa shape index (κ3) is 12.9. The summed E-state index contributed by atoms with van der Waals surface area (Å²) in [6.45, 7) is 14.0. The van der Waals surface area contributed by atoms with Gasteiger partial charge in [-0.2, -0.15) is 0 Å². The van der Waals surface area contributed by atoms with Crippen molar-refractivity contribution in [1.29, 1.82) is 0 Å². The highest BCUT2D eigenvalue weighted by Gasteiger charge is 2.34. The molecule has 7 heteroatoms. The molecule has 0 fully saturated rings. The zero-order chi connectivity index (χ0) is 38.2. The second kappa shape index (κ2) is 21.1. The molecule has 0 spiro atoms. The molecule has 5 atom stereocenters. The number of carbonyl (C=O) groups is 3. The maximum Gasteiger partial charge on any atom is 0.334 e. The van der Waals surface area contributed by atoms with Crippen molar-refractivity contribution in [2.24, 2.45) is 11.8 Å². The molecular weight excluding hydrogens is 650 g/mol. The van der Waals surface area contributed by atoms with E-state index in [9.17, 15) is 14.4 Å². The summed E-state index contributed by atoms with van der Waals surface area (Å²) in [5.41, 5.74) is 5.30. The van der Waals surface area contributed by atoms with Gasteiger partial charge in [-0.25, -0.2) is 4.79 Å². The fourth-order valence-electron chi connectivity index (χ4n) is 6.03. The third-order valence-electron chi connectivity index (χ3n) is 9.15. The van der Waals surface area contributed by atoms with Crippen LogP contribution in [-0.2, 0) is 19.0 Å². The van der Waals surface area contributed by atoms with Crippen LogP contribution in [0.25, 0.3) is 0 Å². The first-order valence-corrected chi connectivity index (χ1v) is 18.1. The van der Waals surface area contributed by atoms with Crippen LogP contribution in [0, 0.1) is 11.8 Å². The molecule has 0 aliphatic carbocycles. The smallest absolute Gasteiger partial charge is 0.334 e. The van der Waals surface area contributed by atoms with Crippen molar-refractivity contribution >= 4 is 17.8 Å². The number of benzene rings is 1. The van der Waals surface area contributed by atoms with Gasteiger partial charge < -0.3 is 14.2 Å². The summed E-state index contributed by atoms with van der Waals surface area (Å²) >= 11 is 0. The lowest BCUT2D eigenvalue weighted by Gasteiger charge is -2.23. The van der Waals surface area contributed by atoms with Gasteiger partial charge in [0.25, 0.3) is 11.8 Å². The Morgan fingerprint density at radius 2 is 1.50 bits per heavy atom. The molecule has 3 rings (SSSR count). The molecule has 2 aliphatic rings. The average molecular weight is 708 g/mol. The standard InChI is InChI=1S/C45H57NO6/c1-31-16-14-20-38(50-8)19-11-10-18-35(5)42(36(6)27-26-34(4)30-46-43(47)40-22-12-13-23-41(40)44(46)48)52-45(49)37(7)28-32(2)24-25-33(3)29-39(51-9)21-15-17-31/h10-13,15-19,22-29,32,35,38-39,42H,14,20-21,30H2,1-9H3/b17-15+,18-10+,19-11+,25-24+,31-16-,33-29+,34-26+,36-27+,37-28+/t32-,35+,38-,39+,42+/m1/s1. The second-order valence-electron chi connectivity index (χ2n) is 13.8. The largest absolute Gasteiger partial charge is 0.454 e. The van der Waals surface area contributed by atoms with Gasteiger partial charge >= 0.3 is 5.97 Å². The van der Waals surface area contributed by atoms with Gasteiger partial charge in [0.15, 0.2) is 0 Å². The Morgan fingerprint density at radius 3 is 2.15 bits per heavy atom. The van der Waals surface area contributed by atoms with Crippen molar-refractivity contribution < 1.29 is 28.6 Å². The highest BCUT2D eigenvalue weighted by Crippen LogP contribution is 2.24. The van der Waals surface area contributed by atoms with Gasteiger partial charge in [0, 0.05) is 25.7 Å². The van der Waals surface area contributed by atoms with Crippen LogP contribution in [0.1, 0.15) is 88.4 Å². The molecule has 1 aromatic rings. The number of carbonyl (C=O) groups excluding carboxylic acids is 3. The number of esters is 1. The first-order chi connectivity index (χ1) is 24.8. The number of hydrogen-bond donors (Lipinski definition) is 0. The lowest BCUT2D eigenvalue weighted by Crippen LogP contribution is -2.31. The molecule has 0 aromatic heterocycles. The van der Waals surface area contributed by atoms with Gasteiger partial charge in [-0.15, -0.1) is 0 Å². The molecule has 0 N–H and O–H groups in total. The number of imide groups is 1. The van der Waals surface area contributed by atoms with Gasteiger partial charge in [-0.1, -0.05) is 122 Å². The Kier molecular flexibility index (Phi) is 16.9. The van der Waals surface area contributed by atoms with E-state index in [0.717, 1.165) is 36.0 Å². The van der Waals surface area contributed by atoms with Crippen molar-refractivity contribution in [2.45, 2.75) is 86.0 Å². The van der Waals surface area contributed by atoms with E-state index >= 15 is 0 Å². The molecular formula is C45H57NO6. The summed E-state index contributed by atoms with van der Waals surface area (Å²) < 4.78 is 17.6. The molecule has 1 aromatic carbocycles. The van der Waals surface area contributed by atoms with E-state index in [2.05, 4.69) is 43.4 Å². The minimum atomic E-state index is -0.559. The summed E-state index contributed by atoms with van der Waals surface area (Å²) in [6, 6.07) is 6.88. The monoisotopic (exact) mass is 707 g/mol. The van der Waals surface area contributed by atoms with Gasteiger partial charge in [-0.3, -0.25) is 14.5 Å². The van der Waals surface area contributed by atoms with Gasteiger partial charge in [-0.05, 0) is 77.5 Å². The lowest BCUT2D eigenvalue weighted by molar-refractivity contribution is -0.143. The zero-order valence-corrected chi connectivity index (χ0v) is 32.4. The summed E-state index contributed by atoms with van der Waals surface area (Å²) in [4.78, 5) is 40.6. The van der Waals surface area contributed by atoms with E-state index in [-0.39, 0.29) is 42.4 Å². The normalized spacial score (nSPS) is 30.4. The van der Waals surface area contributed by atoms with Crippen LogP contribution in [0.3, 0.4) is 0 Å². The molecule has 52 heavy (non-hydrogen) atoms. The summed E-state index contributed by atoms with van der Waals surface area (Å²) in [6.07, 6.45) is 28.2. The van der Waals surface area contributed by atoms with Crippen LogP contribution in [0.15, 0.2) is 131 Å². The first-order valence-electron chi connectivity index (χ1n) is 18.1. The first kappa shape index (κ1) is 41.8. The number of nitrogens with zero attached hydrogens (tertiary/aromatic N) is 1. The van der Waals surface area contributed by atoms with Crippen molar-refractivity contribution in [2.75, 3.05) is 20.8 Å². The number of hydrogen-bond acceptors (Lipinski definition) is 6. The van der Waals surface area contributed by atoms with Crippen LogP contribution in [0.4, 0.5) is 0 Å². The van der Waals surface area contributed by atoms with Crippen LogP contribution < -0.4 is 0 Å². The minimum absolute atomic E-state index is 0.00544. The predicted molar refractivity (Wildman–Crippen MR) is 211 cm³/mol. The Balaban J connectivity index is 1.89. The number of cyclic esters (lactones) is 1. The summed E-state index contributed by atoms with van der Waals surface area (Å²) in [7, 11) is 3.44. The van der Waals surface area contributed by atoms with E-state index in [1.54, 1.807) is 45.4 Å². The minimum Gasteiger partial charge on any atom is -0.454 e. The van der Waals surface area contributed by atoms with Crippen LogP contribution in [0.2, 0.25) is 0 Å². The van der Waals surface area contributed by atoms with Crippen LogP contribution >= 0.6 is 0 Å². The Morgan fingerprint density at radius 1 is 0.846 bits per heavy atom. The quantitative estimate of drug-likeness (QED) is 0.166. The second-order valence-corrected chi connectivity index (χ2v) is 13.8. The number of allylic oxidation sites excluding steroid dienone is 11. The molecule has 2 amide bonds. The molecule has 0 saturated carbocycles. The van der Waals surface area contributed by atoms with E-state index in [0.29, 0.717) is 16.7 Å². The zero-order valence-electron chi connectivity index (χ0n) is 32.4. The number of ether oxygens (including phenoxy) is 3. The Hall–Kier alpha value is -4.59. The molecule has 2 heterocycles. The number of fused-ring (bicyclic) bond motifs is 1. The summed E-state index contributed by atoms with van der Waals surface area (Å²) in [5, 5.41) is 0. The van der Waals surface area contributed by atoms with E-state index in [1.165, 1.54) is 10.5 Å². The highest BCUT2D eigenvalue weighted by atomic mass is 16.5. The SMILES string of the molecule is CO[C@@H]1/C=C(C)/C=C/[C@@H](C)/C=C(\C)C(=O)O[C@H](/C(C)=C/C=C(\C)CN2C(=O)c3ccccc3C2=O)[C@@H](C)/C=C/C=C/[C@@H](OC)CC/C=C(C)\C=C\C1. The summed E-state index contributed by atoms with van der Waals surface area (Å²) in [5.74, 6) is -1.15. The van der Waals surface area contributed by atoms with E-state index < -0.39 is 12.1 Å². The van der Waals surface area contributed by atoms with Crippen molar-refractivity contribution in [1.82, 2.24) is 4.90 Å². The van der Waals surface area contributed by atoms with E-state index in [1.807, 2.05) is 77.2 Å². The maximum atomic E-state index is 13.5.